The van der Waals surface area contributed by atoms with Crippen LogP contribution in [0.3, 0.4) is 0 Å². The molecular formula is C23H27FN2O4. The molecule has 1 heterocycles. The second-order valence-corrected chi connectivity index (χ2v) is 7.30. The molecule has 2 aromatic carbocycles. The Morgan fingerprint density at radius 3 is 2.43 bits per heavy atom. The third-order valence-electron chi connectivity index (χ3n) is 5.51. The first-order valence-electron chi connectivity index (χ1n) is 9.99. The van der Waals surface area contributed by atoms with E-state index in [1.165, 1.54) is 25.2 Å². The van der Waals surface area contributed by atoms with Gasteiger partial charge in [-0.25, -0.2) is 4.39 Å². The van der Waals surface area contributed by atoms with Gasteiger partial charge in [0.25, 0.3) is 5.91 Å². The zero-order chi connectivity index (χ0) is 21.8. The molecule has 0 saturated heterocycles. The number of carbonyl (C=O) groups excluding carboxylic acids is 2. The number of hydrogen-bond donors (Lipinski definition) is 1. The van der Waals surface area contributed by atoms with Crippen molar-refractivity contribution in [3.8, 4) is 11.5 Å². The Bertz CT molecular complexity index is 947. The molecule has 2 atom stereocenters. The van der Waals surface area contributed by atoms with Crippen LogP contribution in [0.1, 0.15) is 53.2 Å². The van der Waals surface area contributed by atoms with Crippen LogP contribution in [-0.2, 0) is 4.79 Å². The molecule has 0 radical (unpaired) electrons. The zero-order valence-corrected chi connectivity index (χ0v) is 17.7. The van der Waals surface area contributed by atoms with Crippen molar-refractivity contribution in [1.82, 2.24) is 10.2 Å². The van der Waals surface area contributed by atoms with E-state index < -0.39 is 17.8 Å². The van der Waals surface area contributed by atoms with Crippen molar-refractivity contribution < 1.29 is 23.5 Å². The summed E-state index contributed by atoms with van der Waals surface area (Å²) in [5, 5.41) is 2.94. The Kier molecular flexibility index (Phi) is 6.59. The number of nitrogens with one attached hydrogen (secondary N) is 1. The molecule has 0 saturated carbocycles. The van der Waals surface area contributed by atoms with Gasteiger partial charge in [-0.3, -0.25) is 9.59 Å². The Morgan fingerprint density at radius 2 is 1.80 bits per heavy atom. The van der Waals surface area contributed by atoms with Crippen LogP contribution in [0.15, 0.2) is 36.4 Å². The molecule has 0 aromatic heterocycles. The average molecular weight is 414 g/mol. The molecule has 0 spiro atoms. The molecule has 1 aliphatic heterocycles. The maximum absolute atomic E-state index is 14.7. The number of hydrogen-bond acceptors (Lipinski definition) is 4. The monoisotopic (exact) mass is 414 g/mol. The molecule has 3 rings (SSSR count). The van der Waals surface area contributed by atoms with Gasteiger partial charge in [-0.2, -0.15) is 0 Å². The molecule has 0 bridgehead atoms. The number of ether oxygens (including phenoxy) is 2. The lowest BCUT2D eigenvalue weighted by Crippen LogP contribution is -2.46. The van der Waals surface area contributed by atoms with Crippen LogP contribution in [0.4, 0.5) is 4.39 Å². The number of methoxy groups -OCH3 is 2. The molecule has 1 aliphatic rings. The highest BCUT2D eigenvalue weighted by Gasteiger charge is 2.44. The summed E-state index contributed by atoms with van der Waals surface area (Å²) in [7, 11) is 4.56. The van der Waals surface area contributed by atoms with Crippen molar-refractivity contribution in [2.45, 2.75) is 31.7 Å². The minimum absolute atomic E-state index is 0.260. The molecule has 7 heteroatoms. The fourth-order valence-corrected chi connectivity index (χ4v) is 3.93. The van der Waals surface area contributed by atoms with Gasteiger partial charge in [0.1, 0.15) is 5.82 Å². The number of carbonyl (C=O) groups is 2. The lowest BCUT2D eigenvalue weighted by atomic mass is 9.79. The van der Waals surface area contributed by atoms with Gasteiger partial charge in [0.15, 0.2) is 11.5 Å². The Balaban J connectivity index is 2.19. The molecule has 1 N–H and O–H groups in total. The maximum Gasteiger partial charge on any atom is 0.254 e. The number of likely N-dealkylation sites (N-methyl/N-ethyl adjacent to an activating group) is 1. The quantitative estimate of drug-likeness (QED) is 0.702. The summed E-state index contributed by atoms with van der Waals surface area (Å²) in [4.78, 5) is 27.9. The van der Waals surface area contributed by atoms with Crippen molar-refractivity contribution in [2.75, 3.05) is 27.8 Å². The van der Waals surface area contributed by atoms with E-state index in [4.69, 9.17) is 9.47 Å². The summed E-state index contributed by atoms with van der Waals surface area (Å²) in [6.45, 7) is 2.55. The van der Waals surface area contributed by atoms with Gasteiger partial charge in [-0.15, -0.1) is 0 Å². The number of fused-ring (bicyclic) bond motifs is 1. The number of nitrogens with zero attached hydrogens (tertiary/aromatic N) is 1. The third-order valence-corrected chi connectivity index (χ3v) is 5.51. The second-order valence-electron chi connectivity index (χ2n) is 7.30. The van der Waals surface area contributed by atoms with Gasteiger partial charge in [0.05, 0.1) is 26.2 Å². The Hall–Kier alpha value is -3.09. The first-order chi connectivity index (χ1) is 14.4. The van der Waals surface area contributed by atoms with E-state index >= 15 is 0 Å². The summed E-state index contributed by atoms with van der Waals surface area (Å²) in [5.74, 6) is -1.02. The predicted molar refractivity (Wildman–Crippen MR) is 111 cm³/mol. The number of halogens is 1. The third kappa shape index (κ3) is 3.84. The van der Waals surface area contributed by atoms with Crippen molar-refractivity contribution in [2.24, 2.45) is 0 Å². The van der Waals surface area contributed by atoms with Gasteiger partial charge in [0.2, 0.25) is 5.91 Å². The van der Waals surface area contributed by atoms with Gasteiger partial charge >= 0.3 is 0 Å². The van der Waals surface area contributed by atoms with Gasteiger partial charge in [-0.05, 0) is 30.2 Å². The fourth-order valence-electron chi connectivity index (χ4n) is 3.93. The van der Waals surface area contributed by atoms with Gasteiger partial charge in [-0.1, -0.05) is 31.5 Å². The minimum Gasteiger partial charge on any atom is -0.493 e. The van der Waals surface area contributed by atoms with E-state index in [2.05, 4.69) is 5.32 Å². The van der Waals surface area contributed by atoms with Gasteiger partial charge in [0, 0.05) is 24.7 Å². The largest absolute Gasteiger partial charge is 0.493 e. The molecule has 6 nitrogen and oxygen atoms in total. The molecule has 0 fully saturated rings. The summed E-state index contributed by atoms with van der Waals surface area (Å²) in [6, 6.07) is 8.68. The smallest absolute Gasteiger partial charge is 0.254 e. The van der Waals surface area contributed by atoms with Crippen molar-refractivity contribution in [3.63, 3.8) is 0 Å². The average Bonchev–Trinajstić information content (AvgIpc) is 2.75. The number of amides is 2. The molecule has 2 amide bonds. The second kappa shape index (κ2) is 9.15. The summed E-state index contributed by atoms with van der Waals surface area (Å²) < 4.78 is 25.5. The van der Waals surface area contributed by atoms with Crippen molar-refractivity contribution in [3.05, 3.63) is 58.9 Å². The Labute approximate surface area is 176 Å². The van der Waals surface area contributed by atoms with Crippen LogP contribution in [0, 0.1) is 5.82 Å². The van der Waals surface area contributed by atoms with Crippen molar-refractivity contribution in [1.29, 1.82) is 0 Å². The lowest BCUT2D eigenvalue weighted by molar-refractivity contribution is -0.124. The van der Waals surface area contributed by atoms with Crippen LogP contribution in [0.2, 0.25) is 0 Å². The van der Waals surface area contributed by atoms with Crippen molar-refractivity contribution >= 4 is 11.8 Å². The summed E-state index contributed by atoms with van der Waals surface area (Å²) in [6.07, 6.45) is 1.76. The molecule has 2 aromatic rings. The van der Waals surface area contributed by atoms with Gasteiger partial charge < -0.3 is 19.7 Å². The highest BCUT2D eigenvalue weighted by molar-refractivity contribution is 6.02. The fraction of sp³-hybridized carbons (Fsp3) is 0.391. The first-order valence-corrected chi connectivity index (χ1v) is 9.99. The first kappa shape index (κ1) is 21.6. The van der Waals surface area contributed by atoms with E-state index in [1.807, 2.05) is 6.92 Å². The standard InChI is InChI=1S/C23H27FN2O4/c1-5-6-11-25-22(27)20-15-12-18(29-3)19(30-4)13-16(15)23(28)26(2)21(20)14-9-7-8-10-17(14)24/h7-10,12-13,20-21H,5-6,11H2,1-4H3,(H,25,27)/t20-,21+/m0/s1. The SMILES string of the molecule is CCCCNC(=O)[C@H]1c2cc(OC)c(OC)cc2C(=O)N(C)[C@@H]1c1ccccc1F. The Morgan fingerprint density at radius 1 is 1.13 bits per heavy atom. The topological polar surface area (TPSA) is 67.9 Å². The molecular weight excluding hydrogens is 387 g/mol. The van der Waals surface area contributed by atoms with Crippen LogP contribution in [0.5, 0.6) is 11.5 Å². The van der Waals surface area contributed by atoms with E-state index in [0.717, 1.165) is 12.8 Å². The van der Waals surface area contributed by atoms with Crippen LogP contribution in [-0.4, -0.2) is 44.5 Å². The van der Waals surface area contributed by atoms with E-state index in [1.54, 1.807) is 37.4 Å². The highest BCUT2D eigenvalue weighted by Crippen LogP contribution is 2.46. The molecule has 160 valence electrons. The summed E-state index contributed by atoms with van der Waals surface area (Å²) in [5.41, 5.74) is 1.14. The van der Waals surface area contributed by atoms with E-state index in [0.29, 0.717) is 34.7 Å². The highest BCUT2D eigenvalue weighted by atomic mass is 19.1. The van der Waals surface area contributed by atoms with E-state index in [9.17, 15) is 14.0 Å². The number of benzene rings is 2. The molecule has 0 aliphatic carbocycles. The molecule has 30 heavy (non-hydrogen) atoms. The van der Waals surface area contributed by atoms with Crippen LogP contribution < -0.4 is 14.8 Å². The van der Waals surface area contributed by atoms with Crippen LogP contribution >= 0.6 is 0 Å². The zero-order valence-electron chi connectivity index (χ0n) is 17.7. The maximum atomic E-state index is 14.7. The lowest BCUT2D eigenvalue weighted by Gasteiger charge is -2.40. The molecule has 0 unspecified atom stereocenters. The summed E-state index contributed by atoms with van der Waals surface area (Å²) >= 11 is 0. The van der Waals surface area contributed by atoms with E-state index in [-0.39, 0.29) is 11.8 Å². The minimum atomic E-state index is -0.795. The van der Waals surface area contributed by atoms with Crippen LogP contribution in [0.25, 0.3) is 0 Å². The predicted octanol–water partition coefficient (Wildman–Crippen LogP) is 3.67. The number of rotatable bonds is 7. The number of unbranched alkanes of at least 4 members (excludes halogenated alkanes) is 1. The normalized spacial score (nSPS) is 18.0.